The van der Waals surface area contributed by atoms with Crippen LogP contribution < -0.4 is 5.32 Å². The van der Waals surface area contributed by atoms with Crippen LogP contribution in [0.3, 0.4) is 0 Å². The number of likely N-dealkylation sites (tertiary alicyclic amines) is 1. The maximum atomic E-state index is 11.8. The Bertz CT molecular complexity index is 1810. The Morgan fingerprint density at radius 3 is 2.15 bits per heavy atom. The van der Waals surface area contributed by atoms with Gasteiger partial charge in [0.15, 0.2) is 0 Å². The number of piperidine rings is 2. The third-order valence-electron chi connectivity index (χ3n) is 9.72. The Morgan fingerprint density at radius 2 is 1.39 bits per heavy atom. The fourth-order valence-corrected chi connectivity index (χ4v) is 7.26. The Hall–Kier alpha value is -4.43. The maximum Gasteiger partial charge on any atom is 0.408 e. The van der Waals surface area contributed by atoms with Crippen molar-refractivity contribution in [3.63, 3.8) is 0 Å². The van der Waals surface area contributed by atoms with Crippen molar-refractivity contribution >= 4 is 16.9 Å². The zero-order chi connectivity index (χ0) is 27.2. The smallest absolute Gasteiger partial charge is 0.408 e. The number of aromatic amines is 2. The van der Waals surface area contributed by atoms with Gasteiger partial charge in [-0.3, -0.25) is 4.90 Å². The number of H-pyrrole nitrogens is 2. The molecule has 0 spiro atoms. The maximum absolute atomic E-state index is 11.8. The first-order chi connectivity index (χ1) is 20.1. The lowest BCUT2D eigenvalue weighted by Gasteiger charge is -2.22. The van der Waals surface area contributed by atoms with Crippen LogP contribution in [-0.4, -0.2) is 48.1 Å². The molecule has 1 amide bonds. The second kappa shape index (κ2) is 8.54. The molecule has 8 heteroatoms. The van der Waals surface area contributed by atoms with E-state index in [1.165, 1.54) is 29.2 Å². The lowest BCUT2D eigenvalue weighted by atomic mass is 9.98. The van der Waals surface area contributed by atoms with E-state index >= 15 is 0 Å². The predicted octanol–water partition coefficient (Wildman–Crippen LogP) is 6.52. The van der Waals surface area contributed by atoms with Crippen LogP contribution in [0.1, 0.15) is 49.4 Å². The van der Waals surface area contributed by atoms with E-state index in [1.54, 1.807) is 4.90 Å². The van der Waals surface area contributed by atoms with Crippen molar-refractivity contribution in [3.05, 3.63) is 84.7 Å². The van der Waals surface area contributed by atoms with Crippen LogP contribution in [0.15, 0.2) is 73.1 Å². The lowest BCUT2D eigenvalue weighted by molar-refractivity contribution is 0.128. The molecular formula is C33H30N6O2. The molecule has 2 saturated carbocycles. The first-order valence-corrected chi connectivity index (χ1v) is 14.6. The Morgan fingerprint density at radius 1 is 0.732 bits per heavy atom. The number of carbonyl (C=O) groups is 1. The minimum Gasteiger partial charge on any atom is -0.465 e. The lowest BCUT2D eigenvalue weighted by Crippen LogP contribution is -2.32. The molecule has 0 radical (unpaired) electrons. The summed E-state index contributed by atoms with van der Waals surface area (Å²) in [6.07, 6.45) is 7.27. The Balaban J connectivity index is 0.930. The van der Waals surface area contributed by atoms with Gasteiger partial charge in [-0.2, -0.15) is 0 Å². The van der Waals surface area contributed by atoms with E-state index in [9.17, 15) is 9.90 Å². The molecule has 0 bridgehead atoms. The second-order valence-electron chi connectivity index (χ2n) is 12.3. The molecule has 2 saturated heterocycles. The van der Waals surface area contributed by atoms with Gasteiger partial charge in [-0.05, 0) is 77.1 Å². The van der Waals surface area contributed by atoms with E-state index in [0.717, 1.165) is 58.5 Å². The molecule has 2 aliphatic carbocycles. The molecule has 9 rings (SSSR count). The van der Waals surface area contributed by atoms with Gasteiger partial charge >= 0.3 is 6.09 Å². The molecular weight excluding hydrogens is 512 g/mol. The van der Waals surface area contributed by atoms with Crippen molar-refractivity contribution in [2.24, 2.45) is 11.8 Å². The average Bonchev–Trinajstić information content (AvgIpc) is 3.57. The monoisotopic (exact) mass is 542 g/mol. The number of aromatic nitrogens is 4. The number of imidazole rings is 2. The fourth-order valence-electron chi connectivity index (χ4n) is 7.26. The van der Waals surface area contributed by atoms with Crippen LogP contribution >= 0.6 is 0 Å². The number of hydrogen-bond acceptors (Lipinski definition) is 4. The van der Waals surface area contributed by atoms with Gasteiger partial charge in [0.25, 0.3) is 0 Å². The number of carboxylic acid groups (broad SMARTS) is 1. The van der Waals surface area contributed by atoms with Gasteiger partial charge in [0.2, 0.25) is 0 Å². The first kappa shape index (κ1) is 23.3. The minimum atomic E-state index is -0.850. The summed E-state index contributed by atoms with van der Waals surface area (Å²) in [7, 11) is 0. The highest BCUT2D eigenvalue weighted by Gasteiger charge is 2.55. The van der Waals surface area contributed by atoms with E-state index in [4.69, 9.17) is 0 Å². The highest BCUT2D eigenvalue weighted by atomic mass is 16.4. The van der Waals surface area contributed by atoms with E-state index < -0.39 is 6.09 Å². The Labute approximate surface area is 236 Å². The van der Waals surface area contributed by atoms with Gasteiger partial charge in [0, 0.05) is 17.6 Å². The molecule has 4 fully saturated rings. The standard InChI is InChI=1S/C33H30N6O2/c40-33(41)39-29-13-24(29)14-30(39)32-35-15-27(38-32)18-3-1-17(2-4-18)19-5-6-21-10-22(8-7-20(21)9-19)28-16-34-31(37-28)26-12-23-11-25(23)36-26/h1-10,15-16,23-26,29-30,36H,11-14H2,(H,34,37)(H,35,38)(H,40,41)/t23-,24?,25+,26-,29?,30?/m0/s1. The third-order valence-corrected chi connectivity index (χ3v) is 9.72. The summed E-state index contributed by atoms with van der Waals surface area (Å²) >= 11 is 0. The van der Waals surface area contributed by atoms with Crippen LogP contribution in [-0.2, 0) is 0 Å². The third kappa shape index (κ3) is 3.89. The summed E-state index contributed by atoms with van der Waals surface area (Å²) in [5.74, 6) is 3.12. The molecule has 4 aliphatic rings. The number of nitrogens with one attached hydrogen (secondary N) is 3. The molecule has 4 N–H and O–H groups in total. The zero-order valence-electron chi connectivity index (χ0n) is 22.4. The zero-order valence-corrected chi connectivity index (χ0v) is 22.4. The molecule has 6 atom stereocenters. The van der Waals surface area contributed by atoms with Crippen molar-refractivity contribution < 1.29 is 9.90 Å². The average molecular weight is 543 g/mol. The Kier molecular flexibility index (Phi) is 4.85. The number of hydrogen-bond donors (Lipinski definition) is 4. The van der Waals surface area contributed by atoms with Gasteiger partial charge in [0.05, 0.1) is 35.9 Å². The molecule has 2 aromatic heterocycles. The van der Waals surface area contributed by atoms with Crippen LogP contribution in [0.5, 0.6) is 0 Å². The summed E-state index contributed by atoms with van der Waals surface area (Å²) in [5, 5.41) is 15.7. The summed E-state index contributed by atoms with van der Waals surface area (Å²) in [6.45, 7) is 0. The second-order valence-corrected chi connectivity index (χ2v) is 12.3. The van der Waals surface area contributed by atoms with Crippen LogP contribution in [0.4, 0.5) is 4.79 Å². The first-order valence-electron chi connectivity index (χ1n) is 14.6. The molecule has 2 aliphatic heterocycles. The molecule has 8 nitrogen and oxygen atoms in total. The van der Waals surface area contributed by atoms with Crippen LogP contribution in [0, 0.1) is 11.8 Å². The van der Waals surface area contributed by atoms with E-state index in [-0.39, 0.29) is 12.1 Å². The van der Waals surface area contributed by atoms with Crippen LogP contribution in [0.2, 0.25) is 0 Å². The molecule has 41 heavy (non-hydrogen) atoms. The van der Waals surface area contributed by atoms with E-state index in [1.807, 2.05) is 12.4 Å². The molecule has 3 aromatic carbocycles. The topological polar surface area (TPSA) is 110 Å². The molecule has 204 valence electrons. The predicted molar refractivity (Wildman–Crippen MR) is 156 cm³/mol. The number of amides is 1. The van der Waals surface area contributed by atoms with Gasteiger partial charge in [-0.15, -0.1) is 0 Å². The normalized spacial score (nSPS) is 27.7. The van der Waals surface area contributed by atoms with Crippen molar-refractivity contribution in [3.8, 4) is 33.6 Å². The number of rotatable bonds is 5. The fraction of sp³-hybridized carbons (Fsp3) is 0.303. The van der Waals surface area contributed by atoms with E-state index in [2.05, 4.69) is 85.9 Å². The van der Waals surface area contributed by atoms with Gasteiger partial charge in [-0.25, -0.2) is 14.8 Å². The molecule has 5 aromatic rings. The van der Waals surface area contributed by atoms with Crippen molar-refractivity contribution in [2.75, 3.05) is 0 Å². The quantitative estimate of drug-likeness (QED) is 0.202. The van der Waals surface area contributed by atoms with Crippen molar-refractivity contribution in [1.82, 2.24) is 30.2 Å². The van der Waals surface area contributed by atoms with Gasteiger partial charge < -0.3 is 20.4 Å². The van der Waals surface area contributed by atoms with Crippen molar-refractivity contribution in [2.45, 2.75) is 49.9 Å². The highest BCUT2D eigenvalue weighted by Crippen LogP contribution is 2.53. The largest absolute Gasteiger partial charge is 0.465 e. The number of nitrogens with zero attached hydrogens (tertiary/aromatic N) is 3. The van der Waals surface area contributed by atoms with E-state index in [0.29, 0.717) is 18.0 Å². The summed E-state index contributed by atoms with van der Waals surface area (Å²) in [4.78, 5) is 29.5. The van der Waals surface area contributed by atoms with Crippen LogP contribution in [0.25, 0.3) is 44.4 Å². The summed E-state index contributed by atoms with van der Waals surface area (Å²) in [5.41, 5.74) is 6.47. The highest BCUT2D eigenvalue weighted by molar-refractivity contribution is 5.90. The number of fused-ring (bicyclic) bond motifs is 3. The number of benzene rings is 3. The van der Waals surface area contributed by atoms with Gasteiger partial charge in [0.1, 0.15) is 11.6 Å². The minimum absolute atomic E-state index is 0.168. The SMILES string of the molecule is O=C(O)N1C(c2ncc(-c3ccc(-c4ccc5cc(-c6cnc([C@@H]7C[C@@H]8C[C@H]8N7)[nH]6)ccc5c4)cc3)[nH]2)CC2CC21. The molecule has 3 unspecified atom stereocenters. The summed E-state index contributed by atoms with van der Waals surface area (Å²) in [6, 6.07) is 22.7. The molecule has 4 heterocycles. The van der Waals surface area contributed by atoms with Crippen molar-refractivity contribution in [1.29, 1.82) is 0 Å². The van der Waals surface area contributed by atoms with Gasteiger partial charge in [-0.1, -0.05) is 48.5 Å². The summed E-state index contributed by atoms with van der Waals surface area (Å²) < 4.78 is 0.